The number of carbonyl (C=O) groups excluding carboxylic acids is 1. The molecule has 2 rings (SSSR count). The molecule has 1 aromatic carbocycles. The molecule has 1 unspecified atom stereocenters. The van der Waals surface area contributed by atoms with Gasteiger partial charge in [0.05, 0.1) is 11.6 Å². The summed E-state index contributed by atoms with van der Waals surface area (Å²) in [6.07, 6.45) is -3.08. The zero-order valence-corrected chi connectivity index (χ0v) is 13.4. The molecule has 1 aromatic rings. The molecule has 1 aliphatic rings. The Kier molecular flexibility index (Phi) is 5.91. The Morgan fingerprint density at radius 1 is 1.43 bits per heavy atom. The Bertz CT molecular complexity index is 565. The van der Waals surface area contributed by atoms with Crippen molar-refractivity contribution < 1.29 is 22.4 Å². The average molecular weight is 350 g/mol. The molecular formula is C15H18F4N2OS. The maximum Gasteiger partial charge on any atom is 0.416 e. The van der Waals surface area contributed by atoms with Gasteiger partial charge in [-0.05, 0) is 30.5 Å². The fourth-order valence-electron chi connectivity index (χ4n) is 2.53. The highest BCUT2D eigenvalue weighted by molar-refractivity contribution is 7.97. The standard InChI is InChI=1S/C15H18F4N2OS/c1-2-21-13(4-3-7-23-21)14(22)20-9-10-5-6-11(16)8-12(10)15(17,18)19/h5-6,8,13H,2-4,7,9H2,1H3,(H,20,22). The van der Waals surface area contributed by atoms with Gasteiger partial charge < -0.3 is 5.32 Å². The van der Waals surface area contributed by atoms with Crippen molar-refractivity contribution in [3.05, 3.63) is 35.1 Å². The summed E-state index contributed by atoms with van der Waals surface area (Å²) >= 11 is 1.57. The number of halogens is 4. The minimum absolute atomic E-state index is 0.140. The predicted molar refractivity (Wildman–Crippen MR) is 81.1 cm³/mol. The Balaban J connectivity index is 2.07. The molecule has 1 N–H and O–H groups in total. The van der Waals surface area contributed by atoms with Crippen LogP contribution in [0.25, 0.3) is 0 Å². The van der Waals surface area contributed by atoms with Crippen LogP contribution in [0.5, 0.6) is 0 Å². The van der Waals surface area contributed by atoms with Crippen LogP contribution in [0.15, 0.2) is 18.2 Å². The summed E-state index contributed by atoms with van der Waals surface area (Å²) in [7, 11) is 0. The molecule has 1 saturated heterocycles. The van der Waals surface area contributed by atoms with Gasteiger partial charge in [-0.25, -0.2) is 8.70 Å². The summed E-state index contributed by atoms with van der Waals surface area (Å²) in [6.45, 7) is 2.35. The normalized spacial score (nSPS) is 19.6. The lowest BCUT2D eigenvalue weighted by Crippen LogP contribution is -2.45. The van der Waals surface area contributed by atoms with E-state index in [1.807, 2.05) is 11.2 Å². The van der Waals surface area contributed by atoms with Crippen molar-refractivity contribution in [1.29, 1.82) is 0 Å². The Labute approximate surface area is 136 Å². The third-order valence-electron chi connectivity index (χ3n) is 3.67. The van der Waals surface area contributed by atoms with Crippen LogP contribution in [0.2, 0.25) is 0 Å². The summed E-state index contributed by atoms with van der Waals surface area (Å²) in [4.78, 5) is 12.2. The van der Waals surface area contributed by atoms with Crippen molar-refractivity contribution in [1.82, 2.24) is 9.62 Å². The van der Waals surface area contributed by atoms with Gasteiger partial charge in [0, 0.05) is 18.8 Å². The topological polar surface area (TPSA) is 32.3 Å². The summed E-state index contributed by atoms with van der Waals surface area (Å²) in [5, 5.41) is 2.55. The van der Waals surface area contributed by atoms with Gasteiger partial charge >= 0.3 is 6.18 Å². The van der Waals surface area contributed by atoms with E-state index in [0.717, 1.165) is 24.3 Å². The van der Waals surface area contributed by atoms with Crippen LogP contribution in [0.3, 0.4) is 0 Å². The second-order valence-corrected chi connectivity index (χ2v) is 6.38. The number of hydrogen-bond donors (Lipinski definition) is 1. The van der Waals surface area contributed by atoms with E-state index in [9.17, 15) is 22.4 Å². The predicted octanol–water partition coefficient (Wildman–Crippen LogP) is 3.59. The van der Waals surface area contributed by atoms with Gasteiger partial charge in [0.1, 0.15) is 5.82 Å². The summed E-state index contributed by atoms with van der Waals surface area (Å²) in [5.41, 5.74) is -1.19. The number of carbonyl (C=O) groups is 1. The minimum atomic E-state index is -4.65. The maximum absolute atomic E-state index is 13.1. The van der Waals surface area contributed by atoms with Crippen LogP contribution < -0.4 is 5.32 Å². The minimum Gasteiger partial charge on any atom is -0.351 e. The first-order valence-corrected chi connectivity index (χ1v) is 8.30. The first-order chi connectivity index (χ1) is 10.8. The van der Waals surface area contributed by atoms with Gasteiger partial charge in [-0.2, -0.15) is 13.2 Å². The Morgan fingerprint density at radius 2 is 2.17 bits per heavy atom. The van der Waals surface area contributed by atoms with Gasteiger partial charge in [0.15, 0.2) is 0 Å². The van der Waals surface area contributed by atoms with E-state index in [4.69, 9.17) is 0 Å². The number of nitrogens with one attached hydrogen (secondary N) is 1. The molecule has 8 heteroatoms. The molecule has 0 aliphatic carbocycles. The molecule has 0 aromatic heterocycles. The highest BCUT2D eigenvalue weighted by Crippen LogP contribution is 2.32. The number of nitrogens with zero attached hydrogens (tertiary/aromatic N) is 1. The molecule has 1 fully saturated rings. The highest BCUT2D eigenvalue weighted by Gasteiger charge is 2.34. The molecule has 0 bridgehead atoms. The molecule has 0 spiro atoms. The summed E-state index contributed by atoms with van der Waals surface area (Å²) in [5.74, 6) is -0.307. The first-order valence-electron chi connectivity index (χ1n) is 7.35. The van der Waals surface area contributed by atoms with E-state index < -0.39 is 17.6 Å². The molecule has 0 saturated carbocycles. The second-order valence-electron chi connectivity index (χ2n) is 5.24. The number of alkyl halides is 3. The Hall–Kier alpha value is -1.28. The molecule has 1 atom stereocenters. The number of hydrogen-bond acceptors (Lipinski definition) is 3. The quantitative estimate of drug-likeness (QED) is 0.665. The lowest BCUT2D eigenvalue weighted by Gasteiger charge is -2.32. The zero-order chi connectivity index (χ0) is 17.0. The SMILES string of the molecule is CCN1SCCCC1C(=O)NCc1ccc(F)cc1C(F)(F)F. The fraction of sp³-hybridized carbons (Fsp3) is 0.533. The van der Waals surface area contributed by atoms with Crippen LogP contribution in [0, 0.1) is 5.82 Å². The van der Waals surface area contributed by atoms with Crippen LogP contribution in [-0.2, 0) is 17.5 Å². The molecule has 1 amide bonds. The third kappa shape index (κ3) is 4.60. The molecule has 128 valence electrons. The second kappa shape index (κ2) is 7.53. The molecule has 23 heavy (non-hydrogen) atoms. The van der Waals surface area contributed by atoms with Crippen molar-refractivity contribution in [2.45, 2.75) is 38.5 Å². The zero-order valence-electron chi connectivity index (χ0n) is 12.6. The molecule has 0 radical (unpaired) electrons. The fourth-order valence-corrected chi connectivity index (χ4v) is 3.63. The van der Waals surface area contributed by atoms with Gasteiger partial charge in [-0.3, -0.25) is 4.79 Å². The number of rotatable bonds is 4. The van der Waals surface area contributed by atoms with E-state index in [1.165, 1.54) is 0 Å². The number of amides is 1. The first kappa shape index (κ1) is 18.1. The van der Waals surface area contributed by atoms with Gasteiger partial charge in [-0.1, -0.05) is 24.9 Å². The number of likely N-dealkylation sites (N-methyl/N-ethyl adjacent to an activating group) is 1. The van der Waals surface area contributed by atoms with Crippen molar-refractivity contribution in [3.8, 4) is 0 Å². The van der Waals surface area contributed by atoms with Crippen LogP contribution in [-0.4, -0.2) is 28.6 Å². The molecule has 3 nitrogen and oxygen atoms in total. The lowest BCUT2D eigenvalue weighted by molar-refractivity contribution is -0.138. The van der Waals surface area contributed by atoms with E-state index in [-0.39, 0.29) is 24.1 Å². The van der Waals surface area contributed by atoms with E-state index in [0.29, 0.717) is 19.0 Å². The smallest absolute Gasteiger partial charge is 0.351 e. The van der Waals surface area contributed by atoms with Crippen LogP contribution in [0.1, 0.15) is 30.9 Å². The van der Waals surface area contributed by atoms with Crippen LogP contribution in [0.4, 0.5) is 17.6 Å². The lowest BCUT2D eigenvalue weighted by atomic mass is 10.1. The van der Waals surface area contributed by atoms with E-state index in [1.54, 1.807) is 11.9 Å². The largest absolute Gasteiger partial charge is 0.416 e. The van der Waals surface area contributed by atoms with Gasteiger partial charge in [0.25, 0.3) is 0 Å². The van der Waals surface area contributed by atoms with Crippen molar-refractivity contribution >= 4 is 17.9 Å². The molecular weight excluding hydrogens is 332 g/mol. The maximum atomic E-state index is 13.1. The van der Waals surface area contributed by atoms with Crippen LogP contribution >= 0.6 is 11.9 Å². The Morgan fingerprint density at radius 3 is 2.83 bits per heavy atom. The summed E-state index contributed by atoms with van der Waals surface area (Å²) in [6, 6.07) is 2.14. The van der Waals surface area contributed by atoms with Gasteiger partial charge in [0.2, 0.25) is 5.91 Å². The van der Waals surface area contributed by atoms with E-state index in [2.05, 4.69) is 5.32 Å². The molecule has 1 heterocycles. The third-order valence-corrected chi connectivity index (χ3v) is 4.99. The monoisotopic (exact) mass is 350 g/mol. The van der Waals surface area contributed by atoms with Crippen molar-refractivity contribution in [2.75, 3.05) is 12.3 Å². The highest BCUT2D eigenvalue weighted by atomic mass is 32.2. The average Bonchev–Trinajstić information content (AvgIpc) is 2.52. The summed E-state index contributed by atoms with van der Waals surface area (Å²) < 4.78 is 53.8. The van der Waals surface area contributed by atoms with E-state index >= 15 is 0 Å². The number of benzene rings is 1. The molecule has 1 aliphatic heterocycles. The van der Waals surface area contributed by atoms with Gasteiger partial charge in [-0.15, -0.1) is 0 Å². The van der Waals surface area contributed by atoms with Crippen molar-refractivity contribution in [3.63, 3.8) is 0 Å². The van der Waals surface area contributed by atoms with Crippen molar-refractivity contribution in [2.24, 2.45) is 0 Å².